The van der Waals surface area contributed by atoms with E-state index in [1.165, 1.54) is 21.1 Å². The maximum absolute atomic E-state index is 6.05. The average Bonchev–Trinajstić information content (AvgIpc) is 3.26. The van der Waals surface area contributed by atoms with E-state index >= 15 is 0 Å². The van der Waals surface area contributed by atoms with E-state index in [0.717, 1.165) is 36.6 Å². The molecule has 2 N–H and O–H groups in total. The van der Waals surface area contributed by atoms with Crippen molar-refractivity contribution < 1.29 is 4.74 Å². The van der Waals surface area contributed by atoms with Gasteiger partial charge in [0.2, 0.25) is 0 Å². The lowest BCUT2D eigenvalue weighted by Crippen LogP contribution is -2.28. The SMILES string of the molecule is CCc1nc(C)c(COc2cccc(C3CNCc4[nH]cnc43)c2)s1. The van der Waals surface area contributed by atoms with Crippen molar-refractivity contribution in [3.05, 3.63) is 63.1 Å². The number of H-pyrrole nitrogens is 1. The minimum absolute atomic E-state index is 0.260. The summed E-state index contributed by atoms with van der Waals surface area (Å²) >= 11 is 1.74. The fourth-order valence-electron chi connectivity index (χ4n) is 3.23. The summed E-state index contributed by atoms with van der Waals surface area (Å²) in [5, 5.41) is 4.62. The summed E-state index contributed by atoms with van der Waals surface area (Å²) in [6.45, 7) is 6.51. The summed E-state index contributed by atoms with van der Waals surface area (Å²) < 4.78 is 6.05. The van der Waals surface area contributed by atoms with Gasteiger partial charge in [-0.2, -0.15) is 0 Å². The van der Waals surface area contributed by atoms with Crippen molar-refractivity contribution in [2.24, 2.45) is 0 Å². The third kappa shape index (κ3) is 3.32. The van der Waals surface area contributed by atoms with Crippen molar-refractivity contribution in [1.29, 1.82) is 0 Å². The van der Waals surface area contributed by atoms with Crippen LogP contribution in [0.1, 0.15) is 45.4 Å². The van der Waals surface area contributed by atoms with Crippen LogP contribution in [0.2, 0.25) is 0 Å². The van der Waals surface area contributed by atoms with E-state index in [4.69, 9.17) is 4.74 Å². The highest BCUT2D eigenvalue weighted by atomic mass is 32.1. The fraction of sp³-hybridized carbons (Fsp3) is 0.368. The first-order valence-corrected chi connectivity index (χ1v) is 9.47. The van der Waals surface area contributed by atoms with Gasteiger partial charge in [-0.3, -0.25) is 0 Å². The highest BCUT2D eigenvalue weighted by molar-refractivity contribution is 7.11. The Morgan fingerprint density at radius 3 is 3.12 bits per heavy atom. The Morgan fingerprint density at radius 2 is 2.28 bits per heavy atom. The van der Waals surface area contributed by atoms with Gasteiger partial charge in [-0.15, -0.1) is 11.3 Å². The van der Waals surface area contributed by atoms with E-state index in [-0.39, 0.29) is 5.92 Å². The van der Waals surface area contributed by atoms with Crippen LogP contribution in [0.25, 0.3) is 0 Å². The molecule has 0 aliphatic carbocycles. The lowest BCUT2D eigenvalue weighted by atomic mass is 9.92. The molecule has 25 heavy (non-hydrogen) atoms. The van der Waals surface area contributed by atoms with Crippen LogP contribution < -0.4 is 10.1 Å². The number of aromatic nitrogens is 3. The molecule has 0 fully saturated rings. The number of aromatic amines is 1. The van der Waals surface area contributed by atoms with Gasteiger partial charge in [0.15, 0.2) is 0 Å². The van der Waals surface area contributed by atoms with E-state index in [9.17, 15) is 0 Å². The zero-order chi connectivity index (χ0) is 17.2. The molecular formula is C19H22N4OS. The van der Waals surface area contributed by atoms with E-state index in [0.29, 0.717) is 6.61 Å². The predicted molar refractivity (Wildman–Crippen MR) is 99.1 cm³/mol. The summed E-state index contributed by atoms with van der Waals surface area (Å²) in [5.41, 5.74) is 4.63. The fourth-order valence-corrected chi connectivity index (χ4v) is 4.15. The van der Waals surface area contributed by atoms with Gasteiger partial charge in [-0.25, -0.2) is 9.97 Å². The maximum atomic E-state index is 6.05. The number of hydrogen-bond donors (Lipinski definition) is 2. The lowest BCUT2D eigenvalue weighted by molar-refractivity contribution is 0.308. The molecular weight excluding hydrogens is 332 g/mol. The van der Waals surface area contributed by atoms with Gasteiger partial charge in [-0.05, 0) is 31.0 Å². The van der Waals surface area contributed by atoms with E-state index in [2.05, 4.69) is 52.3 Å². The monoisotopic (exact) mass is 354 g/mol. The number of hydrogen-bond acceptors (Lipinski definition) is 5. The molecule has 6 heteroatoms. The van der Waals surface area contributed by atoms with Crippen LogP contribution >= 0.6 is 11.3 Å². The summed E-state index contributed by atoms with van der Waals surface area (Å²) in [6.07, 6.45) is 2.75. The normalized spacial score (nSPS) is 16.6. The van der Waals surface area contributed by atoms with Gasteiger partial charge in [0.25, 0.3) is 0 Å². The molecule has 5 nitrogen and oxygen atoms in total. The minimum atomic E-state index is 0.260. The number of nitrogens with zero attached hydrogens (tertiary/aromatic N) is 2. The number of thiazole rings is 1. The highest BCUT2D eigenvalue weighted by Gasteiger charge is 2.24. The predicted octanol–water partition coefficient (Wildman–Crippen LogP) is 3.55. The summed E-state index contributed by atoms with van der Waals surface area (Å²) in [5.74, 6) is 1.15. The number of benzene rings is 1. The van der Waals surface area contributed by atoms with Gasteiger partial charge in [-0.1, -0.05) is 19.1 Å². The number of rotatable bonds is 5. The lowest BCUT2D eigenvalue weighted by Gasteiger charge is -2.23. The Morgan fingerprint density at radius 1 is 1.36 bits per heavy atom. The second-order valence-electron chi connectivity index (χ2n) is 6.28. The van der Waals surface area contributed by atoms with Crippen molar-refractivity contribution in [3.63, 3.8) is 0 Å². The molecule has 4 rings (SSSR count). The van der Waals surface area contributed by atoms with Crippen molar-refractivity contribution >= 4 is 11.3 Å². The molecule has 1 aliphatic rings. The summed E-state index contributed by atoms with van der Waals surface area (Å²) in [4.78, 5) is 13.5. The van der Waals surface area contributed by atoms with Gasteiger partial charge in [0.1, 0.15) is 12.4 Å². The Hall–Kier alpha value is -2.18. The molecule has 3 heterocycles. The highest BCUT2D eigenvalue weighted by Crippen LogP contribution is 2.30. The molecule has 0 bridgehead atoms. The van der Waals surface area contributed by atoms with Crippen LogP contribution in [0.4, 0.5) is 0 Å². The third-order valence-corrected chi connectivity index (χ3v) is 5.88. The quantitative estimate of drug-likeness (QED) is 0.735. The van der Waals surface area contributed by atoms with Crippen LogP contribution in [0.3, 0.4) is 0 Å². The molecule has 1 aliphatic heterocycles. The molecule has 1 aromatic carbocycles. The van der Waals surface area contributed by atoms with Gasteiger partial charge in [0.05, 0.1) is 33.3 Å². The van der Waals surface area contributed by atoms with Gasteiger partial charge >= 0.3 is 0 Å². The second kappa shape index (κ2) is 6.98. The molecule has 3 aromatic rings. The molecule has 0 radical (unpaired) electrons. The number of fused-ring (bicyclic) bond motifs is 1. The number of aryl methyl sites for hydroxylation is 2. The maximum Gasteiger partial charge on any atom is 0.124 e. The summed E-state index contributed by atoms with van der Waals surface area (Å²) in [7, 11) is 0. The summed E-state index contributed by atoms with van der Waals surface area (Å²) in [6, 6.07) is 8.36. The van der Waals surface area contributed by atoms with Crippen molar-refractivity contribution in [3.8, 4) is 5.75 Å². The van der Waals surface area contributed by atoms with Crippen molar-refractivity contribution in [2.75, 3.05) is 6.54 Å². The first-order chi connectivity index (χ1) is 12.2. The van der Waals surface area contributed by atoms with E-state index < -0.39 is 0 Å². The Kier molecular flexibility index (Phi) is 4.55. The first kappa shape index (κ1) is 16.3. The number of nitrogens with one attached hydrogen (secondary N) is 2. The first-order valence-electron chi connectivity index (χ1n) is 8.65. The zero-order valence-electron chi connectivity index (χ0n) is 14.5. The topological polar surface area (TPSA) is 62.8 Å². The largest absolute Gasteiger partial charge is 0.488 e. The second-order valence-corrected chi connectivity index (χ2v) is 7.45. The number of ether oxygens (including phenoxy) is 1. The van der Waals surface area contributed by atoms with Gasteiger partial charge in [0, 0.05) is 19.0 Å². The molecule has 130 valence electrons. The smallest absolute Gasteiger partial charge is 0.124 e. The van der Waals surface area contributed by atoms with E-state index in [1.807, 2.05) is 6.07 Å². The minimum Gasteiger partial charge on any atom is -0.488 e. The third-order valence-electron chi connectivity index (χ3n) is 4.60. The van der Waals surface area contributed by atoms with Crippen LogP contribution in [-0.2, 0) is 19.6 Å². The molecule has 0 spiro atoms. The van der Waals surface area contributed by atoms with Crippen molar-refractivity contribution in [1.82, 2.24) is 20.3 Å². The molecule has 1 unspecified atom stereocenters. The molecule has 1 atom stereocenters. The van der Waals surface area contributed by atoms with Crippen molar-refractivity contribution in [2.45, 2.75) is 39.3 Å². The average molecular weight is 354 g/mol. The molecule has 0 saturated carbocycles. The Labute approximate surface area is 151 Å². The zero-order valence-corrected chi connectivity index (χ0v) is 15.3. The van der Waals surface area contributed by atoms with E-state index in [1.54, 1.807) is 17.7 Å². The Balaban J connectivity index is 1.51. The molecule has 0 amide bonds. The standard InChI is InChI=1S/C19H22N4OS/c1-3-18-23-12(2)17(25-18)10-24-14-6-4-5-13(7-14)15-8-20-9-16-19(15)22-11-21-16/h4-7,11,15,20H,3,8-10H2,1-2H3,(H,21,22). The van der Waals surface area contributed by atoms with Crippen LogP contribution in [0, 0.1) is 6.92 Å². The van der Waals surface area contributed by atoms with Crippen LogP contribution in [-0.4, -0.2) is 21.5 Å². The molecule has 2 aromatic heterocycles. The van der Waals surface area contributed by atoms with Crippen LogP contribution in [0.15, 0.2) is 30.6 Å². The molecule has 0 saturated heterocycles. The number of imidazole rings is 1. The van der Waals surface area contributed by atoms with Crippen LogP contribution in [0.5, 0.6) is 5.75 Å². The van der Waals surface area contributed by atoms with Gasteiger partial charge < -0.3 is 15.0 Å². The Bertz CT molecular complexity index is 870.